The third-order valence-electron chi connectivity index (χ3n) is 3.00. The highest BCUT2D eigenvalue weighted by atomic mass is 14.9. The number of hydrogen-bond acceptors (Lipinski definition) is 3. The number of nitrogens with zero attached hydrogens (tertiary/aromatic N) is 2. The number of hydrogen-bond donors (Lipinski definition) is 1. The lowest BCUT2D eigenvalue weighted by Gasteiger charge is -2.09. The average Bonchev–Trinajstić information content (AvgIpc) is 3.09. The second-order valence-corrected chi connectivity index (χ2v) is 4.92. The predicted molar refractivity (Wildman–Crippen MR) is 65.7 cm³/mol. The Morgan fingerprint density at radius 1 is 1.38 bits per heavy atom. The molecule has 1 N–H and O–H groups in total. The Morgan fingerprint density at radius 2 is 2.12 bits per heavy atom. The third kappa shape index (κ3) is 2.79. The Balaban J connectivity index is 2.21. The Hall–Kier alpha value is -0.960. The van der Waals surface area contributed by atoms with Gasteiger partial charge in [0.05, 0.1) is 0 Å². The van der Waals surface area contributed by atoms with Crippen molar-refractivity contribution >= 4 is 0 Å². The van der Waals surface area contributed by atoms with Crippen LogP contribution in [0.25, 0.3) is 0 Å². The fourth-order valence-corrected chi connectivity index (χ4v) is 1.77. The van der Waals surface area contributed by atoms with Crippen molar-refractivity contribution in [1.82, 2.24) is 15.3 Å². The van der Waals surface area contributed by atoms with Crippen molar-refractivity contribution in [3.8, 4) is 0 Å². The summed E-state index contributed by atoms with van der Waals surface area (Å²) in [6.45, 7) is 5.34. The average molecular weight is 219 g/mol. The molecule has 0 aliphatic heterocycles. The molecule has 0 bridgehead atoms. The Bertz CT molecular complexity index is 336. The molecule has 0 aromatic carbocycles. The van der Waals surface area contributed by atoms with Gasteiger partial charge in [-0.3, -0.25) is 0 Å². The molecule has 1 saturated carbocycles. The molecule has 16 heavy (non-hydrogen) atoms. The lowest BCUT2D eigenvalue weighted by molar-refractivity contribution is 0.719. The summed E-state index contributed by atoms with van der Waals surface area (Å²) < 4.78 is 0. The van der Waals surface area contributed by atoms with E-state index in [0.717, 1.165) is 18.8 Å². The molecule has 2 rings (SSSR count). The molecule has 3 heteroatoms. The SMILES string of the molecule is CNCCc1nc(C(C)C)cc(C2CC2)n1. The molecule has 88 valence electrons. The first-order chi connectivity index (χ1) is 7.70. The maximum atomic E-state index is 4.66. The Morgan fingerprint density at radius 3 is 2.69 bits per heavy atom. The summed E-state index contributed by atoms with van der Waals surface area (Å²) in [6.07, 6.45) is 3.54. The summed E-state index contributed by atoms with van der Waals surface area (Å²) in [5.74, 6) is 2.21. The van der Waals surface area contributed by atoms with E-state index in [9.17, 15) is 0 Å². The van der Waals surface area contributed by atoms with Gasteiger partial charge in [0.2, 0.25) is 0 Å². The van der Waals surface area contributed by atoms with Crippen LogP contribution in [-0.2, 0) is 6.42 Å². The van der Waals surface area contributed by atoms with Gasteiger partial charge < -0.3 is 5.32 Å². The summed E-state index contributed by atoms with van der Waals surface area (Å²) in [5.41, 5.74) is 2.47. The van der Waals surface area contributed by atoms with Gasteiger partial charge in [0.15, 0.2) is 0 Å². The largest absolute Gasteiger partial charge is 0.319 e. The van der Waals surface area contributed by atoms with Crippen LogP contribution in [0.4, 0.5) is 0 Å². The molecule has 1 aromatic rings. The van der Waals surface area contributed by atoms with Crippen LogP contribution in [0.15, 0.2) is 6.07 Å². The van der Waals surface area contributed by atoms with Crippen LogP contribution in [0.1, 0.15) is 55.7 Å². The number of nitrogens with one attached hydrogen (secondary N) is 1. The molecule has 0 amide bonds. The van der Waals surface area contributed by atoms with Crippen molar-refractivity contribution in [2.24, 2.45) is 0 Å². The van der Waals surface area contributed by atoms with Gasteiger partial charge in [0.25, 0.3) is 0 Å². The maximum absolute atomic E-state index is 4.66. The molecule has 1 fully saturated rings. The number of rotatable bonds is 5. The van der Waals surface area contributed by atoms with Crippen molar-refractivity contribution in [2.45, 2.75) is 44.9 Å². The fourth-order valence-electron chi connectivity index (χ4n) is 1.77. The van der Waals surface area contributed by atoms with Crippen molar-refractivity contribution < 1.29 is 0 Å². The van der Waals surface area contributed by atoms with E-state index in [4.69, 9.17) is 0 Å². The second-order valence-electron chi connectivity index (χ2n) is 4.92. The molecule has 0 spiro atoms. The standard InChI is InChI=1S/C13H21N3/c1-9(2)11-8-12(10-4-5-10)16-13(15-11)6-7-14-3/h8-10,14H,4-7H2,1-3H3. The van der Waals surface area contributed by atoms with E-state index in [1.54, 1.807) is 0 Å². The zero-order chi connectivity index (χ0) is 11.5. The van der Waals surface area contributed by atoms with E-state index >= 15 is 0 Å². The maximum Gasteiger partial charge on any atom is 0.130 e. The Labute approximate surface area is 97.7 Å². The molecule has 0 unspecified atom stereocenters. The van der Waals surface area contributed by atoms with Crippen LogP contribution in [0.3, 0.4) is 0 Å². The normalized spacial score (nSPS) is 15.8. The van der Waals surface area contributed by atoms with Crippen molar-refractivity contribution in [3.63, 3.8) is 0 Å². The first kappa shape index (κ1) is 11.5. The summed E-state index contributed by atoms with van der Waals surface area (Å²) in [5, 5.41) is 3.15. The Kier molecular flexibility index (Phi) is 3.54. The fraction of sp³-hybridized carbons (Fsp3) is 0.692. The molecular weight excluding hydrogens is 198 g/mol. The topological polar surface area (TPSA) is 37.8 Å². The summed E-state index contributed by atoms with van der Waals surface area (Å²) in [6, 6.07) is 2.20. The first-order valence-corrected chi connectivity index (χ1v) is 6.23. The zero-order valence-electron chi connectivity index (χ0n) is 10.5. The molecule has 1 aromatic heterocycles. The molecule has 0 radical (unpaired) electrons. The number of aromatic nitrogens is 2. The summed E-state index contributed by atoms with van der Waals surface area (Å²) >= 11 is 0. The summed E-state index contributed by atoms with van der Waals surface area (Å²) in [7, 11) is 1.97. The van der Waals surface area contributed by atoms with Crippen molar-refractivity contribution in [2.75, 3.05) is 13.6 Å². The minimum absolute atomic E-state index is 0.494. The van der Waals surface area contributed by atoms with Gasteiger partial charge in [-0.15, -0.1) is 0 Å². The van der Waals surface area contributed by atoms with Gasteiger partial charge in [-0.05, 0) is 31.9 Å². The minimum Gasteiger partial charge on any atom is -0.319 e. The molecule has 0 atom stereocenters. The van der Waals surface area contributed by atoms with E-state index in [0.29, 0.717) is 11.8 Å². The van der Waals surface area contributed by atoms with Gasteiger partial charge in [0.1, 0.15) is 5.82 Å². The molecule has 3 nitrogen and oxygen atoms in total. The first-order valence-electron chi connectivity index (χ1n) is 6.23. The summed E-state index contributed by atoms with van der Waals surface area (Å²) in [4.78, 5) is 9.29. The highest BCUT2D eigenvalue weighted by molar-refractivity contribution is 5.21. The van der Waals surface area contributed by atoms with Crippen LogP contribution in [-0.4, -0.2) is 23.6 Å². The van der Waals surface area contributed by atoms with Crippen LogP contribution in [0.2, 0.25) is 0 Å². The van der Waals surface area contributed by atoms with E-state index < -0.39 is 0 Å². The number of likely N-dealkylation sites (N-methyl/N-ethyl adjacent to an activating group) is 1. The lowest BCUT2D eigenvalue weighted by atomic mass is 10.1. The van der Waals surface area contributed by atoms with Crippen LogP contribution < -0.4 is 5.32 Å². The van der Waals surface area contributed by atoms with E-state index in [1.807, 2.05) is 7.05 Å². The lowest BCUT2D eigenvalue weighted by Crippen LogP contribution is -2.14. The van der Waals surface area contributed by atoms with Gasteiger partial charge >= 0.3 is 0 Å². The van der Waals surface area contributed by atoms with E-state index in [1.165, 1.54) is 24.2 Å². The van der Waals surface area contributed by atoms with E-state index in [-0.39, 0.29) is 0 Å². The minimum atomic E-state index is 0.494. The van der Waals surface area contributed by atoms with E-state index in [2.05, 4.69) is 35.2 Å². The predicted octanol–water partition coefficient (Wildman–Crippen LogP) is 2.24. The molecule has 0 saturated heterocycles. The monoisotopic (exact) mass is 219 g/mol. The third-order valence-corrected chi connectivity index (χ3v) is 3.00. The van der Waals surface area contributed by atoms with Gasteiger partial charge in [-0.2, -0.15) is 0 Å². The van der Waals surface area contributed by atoms with Gasteiger partial charge in [-0.25, -0.2) is 9.97 Å². The van der Waals surface area contributed by atoms with Crippen LogP contribution in [0.5, 0.6) is 0 Å². The second kappa shape index (κ2) is 4.91. The highest BCUT2D eigenvalue weighted by Gasteiger charge is 2.26. The van der Waals surface area contributed by atoms with Gasteiger partial charge in [-0.1, -0.05) is 13.8 Å². The molecule has 1 aliphatic rings. The van der Waals surface area contributed by atoms with Crippen molar-refractivity contribution in [1.29, 1.82) is 0 Å². The molecular formula is C13H21N3. The molecule has 1 heterocycles. The van der Waals surface area contributed by atoms with Crippen LogP contribution >= 0.6 is 0 Å². The zero-order valence-corrected chi connectivity index (χ0v) is 10.5. The molecule has 1 aliphatic carbocycles. The smallest absolute Gasteiger partial charge is 0.130 e. The van der Waals surface area contributed by atoms with Crippen molar-refractivity contribution in [3.05, 3.63) is 23.3 Å². The van der Waals surface area contributed by atoms with Gasteiger partial charge in [0, 0.05) is 30.3 Å². The highest BCUT2D eigenvalue weighted by Crippen LogP contribution is 2.39. The quantitative estimate of drug-likeness (QED) is 0.825. The van der Waals surface area contributed by atoms with Crippen LogP contribution in [0, 0.1) is 0 Å².